The largest absolute Gasteiger partial charge is 0.495 e. The van der Waals surface area contributed by atoms with Crippen molar-refractivity contribution in [1.29, 1.82) is 0 Å². The second-order valence-electron chi connectivity index (χ2n) is 6.60. The molecule has 0 unspecified atom stereocenters. The standard InChI is InChI=1S/C20H24N4O5S/c1-6-29-16(25)11-23-17-14(27-4)7-8-15(28-5)18(17)30-20(23)22-19(26)13-9-10-21-24(13)12(2)3/h7-10,12H,6,11H2,1-5H3. The van der Waals surface area contributed by atoms with Crippen LogP contribution in [0.15, 0.2) is 29.4 Å². The fourth-order valence-corrected chi connectivity index (χ4v) is 4.20. The molecule has 1 amide bonds. The van der Waals surface area contributed by atoms with Gasteiger partial charge in [-0.05, 0) is 39.0 Å². The summed E-state index contributed by atoms with van der Waals surface area (Å²) in [4.78, 5) is 29.8. The fourth-order valence-electron chi connectivity index (χ4n) is 3.06. The van der Waals surface area contributed by atoms with Gasteiger partial charge in [-0.15, -0.1) is 0 Å². The van der Waals surface area contributed by atoms with E-state index in [-0.39, 0.29) is 19.2 Å². The van der Waals surface area contributed by atoms with E-state index in [1.807, 2.05) is 13.8 Å². The summed E-state index contributed by atoms with van der Waals surface area (Å²) in [5.41, 5.74) is 0.975. The molecule has 3 rings (SSSR count). The first kappa shape index (κ1) is 21.6. The second-order valence-corrected chi connectivity index (χ2v) is 7.57. The number of hydrogen-bond acceptors (Lipinski definition) is 7. The maximum atomic E-state index is 12.9. The molecule has 2 heterocycles. The van der Waals surface area contributed by atoms with Gasteiger partial charge < -0.3 is 18.8 Å². The highest BCUT2D eigenvalue weighted by atomic mass is 32.1. The monoisotopic (exact) mass is 432 g/mol. The van der Waals surface area contributed by atoms with E-state index in [1.165, 1.54) is 18.4 Å². The quantitative estimate of drug-likeness (QED) is 0.533. The average molecular weight is 433 g/mol. The zero-order valence-corrected chi connectivity index (χ0v) is 18.4. The van der Waals surface area contributed by atoms with Gasteiger partial charge in [-0.2, -0.15) is 10.1 Å². The number of amides is 1. The third-order valence-corrected chi connectivity index (χ3v) is 5.45. The van der Waals surface area contributed by atoms with E-state index in [0.29, 0.717) is 32.2 Å². The number of esters is 1. The van der Waals surface area contributed by atoms with Gasteiger partial charge in [-0.25, -0.2) is 0 Å². The molecule has 0 spiro atoms. The summed E-state index contributed by atoms with van der Waals surface area (Å²) in [5.74, 6) is 0.230. The highest BCUT2D eigenvalue weighted by Gasteiger charge is 2.20. The highest BCUT2D eigenvalue weighted by Crippen LogP contribution is 2.35. The number of rotatable bonds is 7. The summed E-state index contributed by atoms with van der Waals surface area (Å²) in [6, 6.07) is 5.14. The number of hydrogen-bond donors (Lipinski definition) is 0. The molecule has 0 bridgehead atoms. The Morgan fingerprint density at radius 2 is 1.87 bits per heavy atom. The van der Waals surface area contributed by atoms with E-state index in [0.717, 1.165) is 0 Å². The van der Waals surface area contributed by atoms with Crippen LogP contribution in [0.4, 0.5) is 0 Å². The molecule has 9 nitrogen and oxygen atoms in total. The summed E-state index contributed by atoms with van der Waals surface area (Å²) in [5, 5.41) is 4.19. The molecule has 0 saturated carbocycles. The van der Waals surface area contributed by atoms with Gasteiger partial charge in [0.2, 0.25) is 0 Å². The van der Waals surface area contributed by atoms with Gasteiger partial charge >= 0.3 is 5.97 Å². The first-order chi connectivity index (χ1) is 14.4. The smallest absolute Gasteiger partial charge is 0.326 e. The minimum absolute atomic E-state index is 0.00315. The number of methoxy groups -OCH3 is 2. The van der Waals surface area contributed by atoms with Gasteiger partial charge in [0, 0.05) is 12.2 Å². The van der Waals surface area contributed by atoms with Crippen LogP contribution in [0.3, 0.4) is 0 Å². The Kier molecular flexibility index (Phi) is 6.56. The van der Waals surface area contributed by atoms with E-state index in [4.69, 9.17) is 14.2 Å². The number of carbonyl (C=O) groups is 2. The third kappa shape index (κ3) is 4.09. The van der Waals surface area contributed by atoms with Crippen molar-refractivity contribution in [2.45, 2.75) is 33.4 Å². The van der Waals surface area contributed by atoms with Crippen LogP contribution in [0.1, 0.15) is 37.3 Å². The molecule has 0 aliphatic carbocycles. The summed E-state index contributed by atoms with van der Waals surface area (Å²) >= 11 is 1.24. The Morgan fingerprint density at radius 3 is 2.50 bits per heavy atom. The summed E-state index contributed by atoms with van der Waals surface area (Å²) < 4.78 is 20.0. The first-order valence-corrected chi connectivity index (χ1v) is 10.2. The van der Waals surface area contributed by atoms with E-state index in [2.05, 4.69) is 10.1 Å². The van der Waals surface area contributed by atoms with Crippen molar-refractivity contribution in [2.75, 3.05) is 20.8 Å². The molecule has 0 saturated heterocycles. The lowest BCUT2D eigenvalue weighted by molar-refractivity contribution is -0.143. The molecule has 0 aliphatic heterocycles. The first-order valence-electron chi connectivity index (χ1n) is 9.43. The predicted molar refractivity (Wildman–Crippen MR) is 112 cm³/mol. The average Bonchev–Trinajstić information content (AvgIpc) is 3.33. The molecule has 0 atom stereocenters. The predicted octanol–water partition coefficient (Wildman–Crippen LogP) is 2.80. The zero-order chi connectivity index (χ0) is 21.8. The van der Waals surface area contributed by atoms with E-state index in [1.54, 1.807) is 47.7 Å². The van der Waals surface area contributed by atoms with Gasteiger partial charge in [0.1, 0.15) is 34.0 Å². The molecule has 10 heteroatoms. The van der Waals surface area contributed by atoms with Gasteiger partial charge in [0.25, 0.3) is 5.91 Å². The Bertz CT molecular complexity index is 1140. The van der Waals surface area contributed by atoms with Crippen LogP contribution >= 0.6 is 11.3 Å². The van der Waals surface area contributed by atoms with Crippen LogP contribution in [0, 0.1) is 0 Å². The molecule has 0 aliphatic rings. The third-order valence-electron chi connectivity index (χ3n) is 4.36. The summed E-state index contributed by atoms with van der Waals surface area (Å²) in [6.45, 7) is 5.73. The molecule has 3 aromatic rings. The van der Waals surface area contributed by atoms with Crippen molar-refractivity contribution in [3.63, 3.8) is 0 Å². The van der Waals surface area contributed by atoms with Gasteiger partial charge in [0.05, 0.1) is 20.8 Å². The number of fused-ring (bicyclic) bond motifs is 1. The van der Waals surface area contributed by atoms with Crippen LogP contribution in [-0.2, 0) is 16.1 Å². The van der Waals surface area contributed by atoms with Gasteiger partial charge in [-0.3, -0.25) is 14.3 Å². The SMILES string of the molecule is CCOC(=O)Cn1c(=NC(=O)c2ccnn2C(C)C)sc2c(OC)ccc(OC)c21. The molecule has 2 aromatic heterocycles. The van der Waals surface area contributed by atoms with Crippen LogP contribution in [0.5, 0.6) is 11.5 Å². The normalized spacial score (nSPS) is 11.9. The van der Waals surface area contributed by atoms with Crippen molar-refractivity contribution < 1.29 is 23.8 Å². The van der Waals surface area contributed by atoms with Crippen molar-refractivity contribution in [3.05, 3.63) is 34.9 Å². The topological polar surface area (TPSA) is 96.9 Å². The van der Waals surface area contributed by atoms with Crippen LogP contribution < -0.4 is 14.3 Å². The van der Waals surface area contributed by atoms with E-state index < -0.39 is 11.9 Å². The molecule has 0 N–H and O–H groups in total. The van der Waals surface area contributed by atoms with Crippen LogP contribution in [0.25, 0.3) is 10.2 Å². The van der Waals surface area contributed by atoms with Crippen molar-refractivity contribution >= 4 is 33.4 Å². The van der Waals surface area contributed by atoms with Crippen molar-refractivity contribution in [1.82, 2.24) is 14.3 Å². The fraction of sp³-hybridized carbons (Fsp3) is 0.400. The van der Waals surface area contributed by atoms with Gasteiger partial charge in [-0.1, -0.05) is 11.3 Å². The maximum Gasteiger partial charge on any atom is 0.326 e. The highest BCUT2D eigenvalue weighted by molar-refractivity contribution is 7.16. The second kappa shape index (κ2) is 9.12. The Morgan fingerprint density at radius 1 is 1.17 bits per heavy atom. The Labute approximate surface area is 177 Å². The molecule has 0 fully saturated rings. The molecule has 30 heavy (non-hydrogen) atoms. The number of aromatic nitrogens is 3. The zero-order valence-electron chi connectivity index (χ0n) is 17.5. The number of nitrogens with zero attached hydrogens (tertiary/aromatic N) is 4. The number of ether oxygens (including phenoxy) is 3. The van der Waals surface area contributed by atoms with Crippen molar-refractivity contribution in [3.8, 4) is 11.5 Å². The van der Waals surface area contributed by atoms with Crippen molar-refractivity contribution in [2.24, 2.45) is 4.99 Å². The summed E-state index contributed by atoms with van der Waals surface area (Å²) in [7, 11) is 3.09. The maximum absolute atomic E-state index is 12.9. The van der Waals surface area contributed by atoms with Crippen LogP contribution in [-0.4, -0.2) is 47.1 Å². The Hall–Kier alpha value is -3.14. The summed E-state index contributed by atoms with van der Waals surface area (Å²) in [6.07, 6.45) is 1.56. The molecule has 160 valence electrons. The number of carbonyl (C=O) groups excluding carboxylic acids is 2. The van der Waals surface area contributed by atoms with E-state index in [9.17, 15) is 9.59 Å². The minimum atomic E-state index is -0.455. The minimum Gasteiger partial charge on any atom is -0.495 e. The lowest BCUT2D eigenvalue weighted by Crippen LogP contribution is -2.24. The lowest BCUT2D eigenvalue weighted by atomic mass is 10.3. The van der Waals surface area contributed by atoms with Gasteiger partial charge in [0.15, 0.2) is 4.80 Å². The lowest BCUT2D eigenvalue weighted by Gasteiger charge is -2.10. The van der Waals surface area contributed by atoms with Crippen LogP contribution in [0.2, 0.25) is 0 Å². The molecule has 1 aromatic carbocycles. The van der Waals surface area contributed by atoms with E-state index >= 15 is 0 Å². The molecular weight excluding hydrogens is 408 g/mol. The molecular formula is C20H24N4O5S. The molecule has 0 radical (unpaired) electrons. The number of thiazole rings is 1. The number of benzene rings is 1. The Balaban J connectivity index is 2.24.